The van der Waals surface area contributed by atoms with Gasteiger partial charge in [0.05, 0.1) is 16.8 Å². The zero-order valence-electron chi connectivity index (χ0n) is 25.7. The summed E-state index contributed by atoms with van der Waals surface area (Å²) in [7, 11) is -1.51. The third kappa shape index (κ3) is 6.00. The summed E-state index contributed by atoms with van der Waals surface area (Å²) < 4.78 is 20.1. The molecule has 0 unspecified atom stereocenters. The van der Waals surface area contributed by atoms with Crippen LogP contribution in [-0.4, -0.2) is 39.4 Å². The number of ether oxygens (including phenoxy) is 2. The molecule has 0 fully saturated rings. The van der Waals surface area contributed by atoms with Crippen molar-refractivity contribution in [1.82, 2.24) is 9.88 Å². The SMILES string of the molecule is CC(C)(C)OC(=O)n1c(-c2cc(OS(C)(C)C(C)(C)C)cc3c2C(=O)NC3)cc2cc(OCc3ccccc3)ccc21. The van der Waals surface area contributed by atoms with E-state index in [4.69, 9.17) is 13.7 Å². The Morgan fingerprint density at radius 3 is 2.31 bits per heavy atom. The van der Waals surface area contributed by atoms with Crippen molar-refractivity contribution in [3.05, 3.63) is 83.4 Å². The molecule has 1 amide bonds. The fourth-order valence-electron chi connectivity index (χ4n) is 4.69. The summed E-state index contributed by atoms with van der Waals surface area (Å²) in [6.45, 7) is 12.8. The molecule has 0 saturated heterocycles. The van der Waals surface area contributed by atoms with E-state index in [0.29, 0.717) is 47.0 Å². The molecular formula is C34H40N2O5S. The van der Waals surface area contributed by atoms with Gasteiger partial charge in [0.15, 0.2) is 0 Å². The van der Waals surface area contributed by atoms with E-state index >= 15 is 0 Å². The smallest absolute Gasteiger partial charge is 0.419 e. The molecule has 1 aromatic heterocycles. The Morgan fingerprint density at radius 1 is 0.929 bits per heavy atom. The molecule has 1 aliphatic heterocycles. The highest BCUT2D eigenvalue weighted by Gasteiger charge is 2.33. The van der Waals surface area contributed by atoms with Crippen LogP contribution in [0.5, 0.6) is 11.5 Å². The normalized spacial score (nSPS) is 14.0. The van der Waals surface area contributed by atoms with Gasteiger partial charge in [0, 0.05) is 22.2 Å². The Bertz CT molecular complexity index is 1660. The van der Waals surface area contributed by atoms with Gasteiger partial charge in [-0.25, -0.2) is 9.36 Å². The van der Waals surface area contributed by atoms with E-state index in [1.165, 1.54) is 0 Å². The lowest BCUT2D eigenvalue weighted by Gasteiger charge is -2.43. The standard InChI is InChI=1S/C34H40N2O5S/c1-33(2,3)40-32(38)36-28-15-14-25(39-21-22-12-10-9-11-13-22)16-23(28)18-29(36)27-19-26(41-42(7,8)34(4,5)6)17-24-20-35-31(37)30(24)27/h9-19H,20-21H2,1-8H3,(H,35,37). The topological polar surface area (TPSA) is 78.8 Å². The summed E-state index contributed by atoms with van der Waals surface area (Å²) in [6.07, 6.45) is 3.75. The van der Waals surface area contributed by atoms with Crippen LogP contribution < -0.4 is 14.2 Å². The van der Waals surface area contributed by atoms with Gasteiger partial charge in [0.2, 0.25) is 0 Å². The van der Waals surface area contributed by atoms with Gasteiger partial charge in [-0.05, 0) is 102 Å². The van der Waals surface area contributed by atoms with Gasteiger partial charge in [-0.2, -0.15) is 0 Å². The van der Waals surface area contributed by atoms with E-state index < -0.39 is 22.0 Å². The van der Waals surface area contributed by atoms with Crippen molar-refractivity contribution in [1.29, 1.82) is 0 Å². The molecule has 0 saturated carbocycles. The highest BCUT2D eigenvalue weighted by Crippen LogP contribution is 2.54. The molecule has 7 nitrogen and oxygen atoms in total. The first-order valence-corrected chi connectivity index (χ1v) is 16.4. The fourth-order valence-corrected chi connectivity index (χ4v) is 5.51. The number of fused-ring (bicyclic) bond motifs is 2. The third-order valence-corrected chi connectivity index (χ3v) is 11.1. The van der Waals surface area contributed by atoms with Gasteiger partial charge in [0.1, 0.15) is 23.7 Å². The van der Waals surface area contributed by atoms with Gasteiger partial charge in [-0.15, -0.1) is 0 Å². The number of carbonyl (C=O) groups is 2. The molecule has 2 heterocycles. The lowest BCUT2D eigenvalue weighted by atomic mass is 9.99. The van der Waals surface area contributed by atoms with Crippen LogP contribution >= 0.6 is 10.3 Å². The molecule has 0 spiro atoms. The first-order chi connectivity index (χ1) is 19.6. The maximum absolute atomic E-state index is 13.7. The average molecular weight is 589 g/mol. The molecular weight excluding hydrogens is 548 g/mol. The number of nitrogens with zero attached hydrogens (tertiary/aromatic N) is 1. The zero-order chi connectivity index (χ0) is 30.4. The Labute approximate surface area is 249 Å². The van der Waals surface area contributed by atoms with E-state index in [1.807, 2.05) is 87.5 Å². The lowest BCUT2D eigenvalue weighted by Crippen LogP contribution is -2.28. The number of benzene rings is 3. The number of hydrogen-bond acceptors (Lipinski definition) is 5. The minimum Gasteiger partial charge on any atom is -0.489 e. The third-order valence-electron chi connectivity index (χ3n) is 7.51. The van der Waals surface area contributed by atoms with Gasteiger partial charge < -0.3 is 19.0 Å². The molecule has 8 heteroatoms. The summed E-state index contributed by atoms with van der Waals surface area (Å²) >= 11 is 0. The number of hydrogen-bond donors (Lipinski definition) is 1. The van der Waals surface area contributed by atoms with Crippen molar-refractivity contribution in [2.45, 2.75) is 65.0 Å². The van der Waals surface area contributed by atoms with Crippen LogP contribution in [0.4, 0.5) is 4.79 Å². The largest absolute Gasteiger partial charge is 0.489 e. The van der Waals surface area contributed by atoms with Crippen molar-refractivity contribution < 1.29 is 23.2 Å². The Hall–Kier alpha value is -3.91. The minimum atomic E-state index is -1.51. The first-order valence-electron chi connectivity index (χ1n) is 14.1. The average Bonchev–Trinajstić information content (AvgIpc) is 3.46. The first kappa shape index (κ1) is 29.6. The van der Waals surface area contributed by atoms with Gasteiger partial charge >= 0.3 is 6.09 Å². The van der Waals surface area contributed by atoms with Crippen LogP contribution in [0, 0.1) is 0 Å². The Balaban J connectivity index is 1.65. The molecule has 1 N–H and O–H groups in total. The maximum Gasteiger partial charge on any atom is 0.419 e. The highest BCUT2D eigenvalue weighted by atomic mass is 32.3. The molecule has 0 bridgehead atoms. The van der Waals surface area contributed by atoms with Crippen molar-refractivity contribution in [3.63, 3.8) is 0 Å². The van der Waals surface area contributed by atoms with Crippen LogP contribution in [0.25, 0.3) is 22.2 Å². The van der Waals surface area contributed by atoms with E-state index in [-0.39, 0.29) is 10.7 Å². The lowest BCUT2D eigenvalue weighted by molar-refractivity contribution is 0.0546. The fraction of sp³-hybridized carbons (Fsp3) is 0.353. The minimum absolute atomic E-state index is 0.0676. The zero-order valence-corrected chi connectivity index (χ0v) is 26.5. The van der Waals surface area contributed by atoms with Crippen molar-refractivity contribution in [3.8, 4) is 22.8 Å². The monoisotopic (exact) mass is 588 g/mol. The highest BCUT2D eigenvalue weighted by molar-refractivity contribution is 8.30. The van der Waals surface area contributed by atoms with Gasteiger partial charge in [-0.3, -0.25) is 4.79 Å². The molecule has 0 aliphatic carbocycles. The van der Waals surface area contributed by atoms with E-state index in [0.717, 1.165) is 16.5 Å². The second-order valence-electron chi connectivity index (χ2n) is 13.0. The molecule has 1 aliphatic rings. The Kier molecular flexibility index (Phi) is 7.56. The van der Waals surface area contributed by atoms with E-state index in [9.17, 15) is 9.59 Å². The van der Waals surface area contributed by atoms with Crippen molar-refractivity contribution in [2.24, 2.45) is 0 Å². The number of aromatic nitrogens is 1. The van der Waals surface area contributed by atoms with Crippen LogP contribution in [0.2, 0.25) is 0 Å². The van der Waals surface area contributed by atoms with E-state index in [2.05, 4.69) is 38.6 Å². The number of rotatable bonds is 6. The molecule has 3 aromatic carbocycles. The predicted octanol–water partition coefficient (Wildman–Crippen LogP) is 8.07. The molecule has 42 heavy (non-hydrogen) atoms. The van der Waals surface area contributed by atoms with Crippen molar-refractivity contribution >= 4 is 33.2 Å². The Morgan fingerprint density at radius 2 is 1.64 bits per heavy atom. The van der Waals surface area contributed by atoms with Crippen LogP contribution in [0.3, 0.4) is 0 Å². The molecule has 222 valence electrons. The van der Waals surface area contributed by atoms with Crippen LogP contribution in [-0.2, 0) is 17.9 Å². The van der Waals surface area contributed by atoms with E-state index in [1.54, 1.807) is 4.57 Å². The molecule has 5 rings (SSSR count). The van der Waals surface area contributed by atoms with Crippen LogP contribution in [0.1, 0.15) is 63.0 Å². The second kappa shape index (κ2) is 10.7. The summed E-state index contributed by atoms with van der Waals surface area (Å²) in [5, 5.41) is 3.74. The summed E-state index contributed by atoms with van der Waals surface area (Å²) in [5.74, 6) is 1.17. The summed E-state index contributed by atoms with van der Waals surface area (Å²) in [4.78, 5) is 26.9. The molecule has 0 atom stereocenters. The number of amides is 1. The maximum atomic E-state index is 13.7. The summed E-state index contributed by atoms with van der Waals surface area (Å²) in [5.41, 5.74) is 3.56. The summed E-state index contributed by atoms with van der Waals surface area (Å²) in [6, 6.07) is 21.3. The number of carbonyl (C=O) groups excluding carboxylic acids is 2. The van der Waals surface area contributed by atoms with Crippen LogP contribution in [0.15, 0.2) is 66.7 Å². The van der Waals surface area contributed by atoms with Gasteiger partial charge in [0.25, 0.3) is 5.91 Å². The van der Waals surface area contributed by atoms with Gasteiger partial charge in [-0.1, -0.05) is 40.6 Å². The molecule has 0 radical (unpaired) electrons. The number of nitrogens with one attached hydrogen (secondary N) is 1. The second-order valence-corrected chi connectivity index (χ2v) is 16.8. The van der Waals surface area contributed by atoms with Crippen molar-refractivity contribution in [2.75, 3.05) is 12.5 Å². The quantitative estimate of drug-likeness (QED) is 0.246. The molecule has 4 aromatic rings. The predicted molar refractivity (Wildman–Crippen MR) is 171 cm³/mol.